The first-order chi connectivity index (χ1) is 8.83. The van der Waals surface area contributed by atoms with Crippen LogP contribution in [0.5, 0.6) is 0 Å². The average molecular weight is 245 g/mol. The van der Waals surface area contributed by atoms with Crippen LogP contribution in [0.3, 0.4) is 0 Å². The van der Waals surface area contributed by atoms with E-state index >= 15 is 0 Å². The summed E-state index contributed by atoms with van der Waals surface area (Å²) in [5.74, 6) is 0.771. The van der Waals surface area contributed by atoms with Gasteiger partial charge in [0.05, 0.1) is 6.10 Å². The fraction of sp³-hybridized carbons (Fsp3) is 0.625. The van der Waals surface area contributed by atoms with Gasteiger partial charge in [0.15, 0.2) is 0 Å². The molecule has 2 heteroatoms. The molecule has 18 heavy (non-hydrogen) atoms. The summed E-state index contributed by atoms with van der Waals surface area (Å²) in [6, 6.07) is 9.51. The first kappa shape index (κ1) is 12.2. The number of nitrogens with one attached hydrogen (secondary N) is 1. The van der Waals surface area contributed by atoms with Gasteiger partial charge >= 0.3 is 0 Å². The van der Waals surface area contributed by atoms with E-state index in [4.69, 9.17) is 4.74 Å². The first-order valence-electron chi connectivity index (χ1n) is 7.23. The number of rotatable bonds is 4. The zero-order chi connectivity index (χ0) is 12.4. The van der Waals surface area contributed by atoms with Crippen molar-refractivity contribution in [2.24, 2.45) is 0 Å². The molecule has 3 rings (SSSR count). The Labute approximate surface area is 110 Å². The maximum Gasteiger partial charge on any atom is 0.0700 e. The second-order valence-electron chi connectivity index (χ2n) is 5.77. The van der Waals surface area contributed by atoms with Gasteiger partial charge in [-0.05, 0) is 49.7 Å². The SMILES string of the molecule is Cc1ccccc1C1CC(NCC2CCCO2)C1. The topological polar surface area (TPSA) is 21.3 Å². The van der Waals surface area contributed by atoms with Crippen molar-refractivity contribution < 1.29 is 4.74 Å². The summed E-state index contributed by atoms with van der Waals surface area (Å²) < 4.78 is 5.64. The third-order valence-corrected chi connectivity index (χ3v) is 4.42. The summed E-state index contributed by atoms with van der Waals surface area (Å²) in [6.07, 6.45) is 5.53. The number of hydrogen-bond acceptors (Lipinski definition) is 2. The van der Waals surface area contributed by atoms with Crippen LogP contribution in [0.1, 0.15) is 42.7 Å². The van der Waals surface area contributed by atoms with Crippen LogP contribution >= 0.6 is 0 Å². The molecule has 1 aromatic rings. The Morgan fingerprint density at radius 3 is 2.83 bits per heavy atom. The van der Waals surface area contributed by atoms with Gasteiger partial charge in [-0.1, -0.05) is 24.3 Å². The zero-order valence-electron chi connectivity index (χ0n) is 11.2. The number of aryl methyl sites for hydroxylation is 1. The number of ether oxygens (including phenoxy) is 1. The highest BCUT2D eigenvalue weighted by Crippen LogP contribution is 2.38. The molecule has 0 bridgehead atoms. The van der Waals surface area contributed by atoms with Crippen molar-refractivity contribution in [2.45, 2.75) is 50.7 Å². The van der Waals surface area contributed by atoms with Gasteiger partial charge in [-0.25, -0.2) is 0 Å². The summed E-state index contributed by atoms with van der Waals surface area (Å²) in [7, 11) is 0. The summed E-state index contributed by atoms with van der Waals surface area (Å²) in [4.78, 5) is 0. The van der Waals surface area contributed by atoms with E-state index in [0.717, 1.165) is 19.1 Å². The van der Waals surface area contributed by atoms with Crippen molar-refractivity contribution >= 4 is 0 Å². The van der Waals surface area contributed by atoms with E-state index in [1.165, 1.54) is 31.2 Å². The molecule has 1 atom stereocenters. The summed E-state index contributed by atoms with van der Waals surface area (Å²) in [5, 5.41) is 3.66. The lowest BCUT2D eigenvalue weighted by Gasteiger charge is -2.37. The van der Waals surface area contributed by atoms with Crippen molar-refractivity contribution in [1.29, 1.82) is 0 Å². The highest BCUT2D eigenvalue weighted by Gasteiger charge is 2.31. The molecule has 1 aromatic carbocycles. The van der Waals surface area contributed by atoms with Gasteiger partial charge in [0.25, 0.3) is 0 Å². The smallest absolute Gasteiger partial charge is 0.0700 e. The summed E-state index contributed by atoms with van der Waals surface area (Å²) in [5.41, 5.74) is 2.99. The molecule has 98 valence electrons. The molecule has 1 unspecified atom stereocenters. The van der Waals surface area contributed by atoms with Crippen molar-refractivity contribution in [3.05, 3.63) is 35.4 Å². The van der Waals surface area contributed by atoms with E-state index in [-0.39, 0.29) is 0 Å². The van der Waals surface area contributed by atoms with E-state index in [2.05, 4.69) is 36.5 Å². The minimum atomic E-state index is 0.475. The van der Waals surface area contributed by atoms with Gasteiger partial charge in [0.2, 0.25) is 0 Å². The van der Waals surface area contributed by atoms with Crippen LogP contribution in [0.4, 0.5) is 0 Å². The van der Waals surface area contributed by atoms with Crippen molar-refractivity contribution in [3.8, 4) is 0 Å². The second kappa shape index (κ2) is 5.41. The Morgan fingerprint density at radius 1 is 1.28 bits per heavy atom. The molecule has 2 nitrogen and oxygen atoms in total. The predicted molar refractivity (Wildman–Crippen MR) is 73.9 cm³/mol. The maximum atomic E-state index is 5.64. The number of hydrogen-bond donors (Lipinski definition) is 1. The molecule has 0 radical (unpaired) electrons. The van der Waals surface area contributed by atoms with Gasteiger partial charge in [-0.3, -0.25) is 0 Å². The monoisotopic (exact) mass is 245 g/mol. The Kier molecular flexibility index (Phi) is 3.67. The van der Waals surface area contributed by atoms with E-state index in [1.54, 1.807) is 5.56 Å². The second-order valence-corrected chi connectivity index (χ2v) is 5.77. The van der Waals surface area contributed by atoms with E-state index in [1.807, 2.05) is 0 Å². The Morgan fingerprint density at radius 2 is 2.11 bits per heavy atom. The molecule has 0 aromatic heterocycles. The van der Waals surface area contributed by atoms with Crippen LogP contribution in [-0.4, -0.2) is 25.3 Å². The molecule has 1 N–H and O–H groups in total. The van der Waals surface area contributed by atoms with Gasteiger partial charge in [-0.15, -0.1) is 0 Å². The van der Waals surface area contributed by atoms with Crippen LogP contribution in [0.2, 0.25) is 0 Å². The molecule has 1 aliphatic heterocycles. The minimum absolute atomic E-state index is 0.475. The molecule has 1 saturated carbocycles. The van der Waals surface area contributed by atoms with Crippen LogP contribution in [0, 0.1) is 6.92 Å². The zero-order valence-corrected chi connectivity index (χ0v) is 11.2. The van der Waals surface area contributed by atoms with Crippen molar-refractivity contribution in [3.63, 3.8) is 0 Å². The lowest BCUT2D eigenvalue weighted by Crippen LogP contribution is -2.43. The molecule has 1 aliphatic carbocycles. The van der Waals surface area contributed by atoms with Gasteiger partial charge in [0, 0.05) is 19.2 Å². The fourth-order valence-electron chi connectivity index (χ4n) is 3.19. The average Bonchev–Trinajstić information content (AvgIpc) is 2.82. The standard InChI is InChI=1S/C16H23NO/c1-12-5-2-3-7-16(12)13-9-14(10-13)17-11-15-6-4-8-18-15/h2-3,5,7,13-15,17H,4,6,8-11H2,1H3. The van der Waals surface area contributed by atoms with Crippen molar-refractivity contribution in [2.75, 3.05) is 13.2 Å². The maximum absolute atomic E-state index is 5.64. The minimum Gasteiger partial charge on any atom is -0.377 e. The summed E-state index contributed by atoms with van der Waals surface area (Å²) >= 11 is 0. The van der Waals surface area contributed by atoms with Crippen LogP contribution in [0.25, 0.3) is 0 Å². The van der Waals surface area contributed by atoms with Crippen LogP contribution in [-0.2, 0) is 4.74 Å². The lowest BCUT2D eigenvalue weighted by molar-refractivity contribution is 0.102. The van der Waals surface area contributed by atoms with Crippen molar-refractivity contribution in [1.82, 2.24) is 5.32 Å². The van der Waals surface area contributed by atoms with E-state index in [9.17, 15) is 0 Å². The highest BCUT2D eigenvalue weighted by molar-refractivity contribution is 5.31. The normalized spacial score (nSPS) is 31.3. The largest absolute Gasteiger partial charge is 0.377 e. The molecule has 1 saturated heterocycles. The van der Waals surface area contributed by atoms with E-state index in [0.29, 0.717) is 12.1 Å². The molecule has 2 fully saturated rings. The third kappa shape index (κ3) is 2.60. The summed E-state index contributed by atoms with van der Waals surface area (Å²) in [6.45, 7) is 4.23. The third-order valence-electron chi connectivity index (χ3n) is 4.42. The molecular weight excluding hydrogens is 222 g/mol. The first-order valence-corrected chi connectivity index (χ1v) is 7.23. The van der Waals surface area contributed by atoms with E-state index < -0.39 is 0 Å². The molecule has 0 amide bonds. The molecular formula is C16H23NO. The molecule has 1 heterocycles. The number of benzene rings is 1. The van der Waals surface area contributed by atoms with Gasteiger partial charge in [0.1, 0.15) is 0 Å². The Bertz CT molecular complexity index is 392. The van der Waals surface area contributed by atoms with Crippen LogP contribution < -0.4 is 5.32 Å². The van der Waals surface area contributed by atoms with Gasteiger partial charge < -0.3 is 10.1 Å². The molecule has 2 aliphatic rings. The fourth-order valence-corrected chi connectivity index (χ4v) is 3.19. The quantitative estimate of drug-likeness (QED) is 0.880. The highest BCUT2D eigenvalue weighted by atomic mass is 16.5. The lowest BCUT2D eigenvalue weighted by atomic mass is 9.74. The van der Waals surface area contributed by atoms with Crippen LogP contribution in [0.15, 0.2) is 24.3 Å². The Hall–Kier alpha value is -0.860. The van der Waals surface area contributed by atoms with Gasteiger partial charge in [-0.2, -0.15) is 0 Å². The predicted octanol–water partition coefficient (Wildman–Crippen LogP) is 3.01. The molecule has 0 spiro atoms. The Balaban J connectivity index is 1.44.